The Balaban J connectivity index is 1.53. The van der Waals surface area contributed by atoms with E-state index in [9.17, 15) is 14.9 Å². The molecule has 0 fully saturated rings. The van der Waals surface area contributed by atoms with E-state index in [1.54, 1.807) is 24.3 Å². The van der Waals surface area contributed by atoms with E-state index in [1.165, 1.54) is 23.5 Å². The maximum Gasteiger partial charge on any atom is 0.270 e. The molecule has 0 aliphatic rings. The second-order valence-electron chi connectivity index (χ2n) is 6.56. The quantitative estimate of drug-likeness (QED) is 0.357. The van der Waals surface area contributed by atoms with E-state index in [2.05, 4.69) is 25.6 Å². The SMILES string of the molecule is Cc1cc(C)nc(Nc2cccc(C(=O)Nc3nc4ccc([N+](=O)[O-])cc4s3)c2)n1. The number of hydrogen-bond donors (Lipinski definition) is 2. The molecule has 0 bridgehead atoms. The van der Waals surface area contributed by atoms with E-state index >= 15 is 0 Å². The lowest BCUT2D eigenvalue weighted by Crippen LogP contribution is -2.12. The summed E-state index contributed by atoms with van der Waals surface area (Å²) in [5, 5.41) is 17.1. The third-order valence-corrected chi connectivity index (χ3v) is 5.10. The molecule has 10 heteroatoms. The van der Waals surface area contributed by atoms with Gasteiger partial charge in [-0.3, -0.25) is 20.2 Å². The van der Waals surface area contributed by atoms with Gasteiger partial charge < -0.3 is 5.32 Å². The summed E-state index contributed by atoms with van der Waals surface area (Å²) in [5.41, 5.74) is 3.35. The summed E-state index contributed by atoms with van der Waals surface area (Å²) >= 11 is 1.18. The van der Waals surface area contributed by atoms with Crippen LogP contribution in [0.5, 0.6) is 0 Å². The van der Waals surface area contributed by atoms with Crippen molar-refractivity contribution >= 4 is 49.9 Å². The van der Waals surface area contributed by atoms with E-state index in [1.807, 2.05) is 26.0 Å². The molecule has 4 aromatic rings. The smallest absolute Gasteiger partial charge is 0.270 e. The van der Waals surface area contributed by atoms with Gasteiger partial charge in [0.25, 0.3) is 11.6 Å². The van der Waals surface area contributed by atoms with Crippen LogP contribution in [0, 0.1) is 24.0 Å². The highest BCUT2D eigenvalue weighted by atomic mass is 32.1. The van der Waals surface area contributed by atoms with Crippen LogP contribution >= 0.6 is 11.3 Å². The summed E-state index contributed by atoms with van der Waals surface area (Å²) in [6.07, 6.45) is 0. The van der Waals surface area contributed by atoms with Crippen molar-refractivity contribution < 1.29 is 9.72 Å². The lowest BCUT2D eigenvalue weighted by Gasteiger charge is -2.08. The highest BCUT2D eigenvalue weighted by Gasteiger charge is 2.13. The molecule has 2 aromatic heterocycles. The van der Waals surface area contributed by atoms with E-state index in [-0.39, 0.29) is 11.6 Å². The van der Waals surface area contributed by atoms with Gasteiger partial charge in [0.2, 0.25) is 5.95 Å². The largest absolute Gasteiger partial charge is 0.324 e. The number of hydrogen-bond acceptors (Lipinski definition) is 8. The Hall–Kier alpha value is -3.92. The number of nitrogens with zero attached hydrogens (tertiary/aromatic N) is 4. The van der Waals surface area contributed by atoms with Crippen LogP contribution in [0.1, 0.15) is 21.7 Å². The first-order chi connectivity index (χ1) is 14.4. The number of thiazole rings is 1. The van der Waals surface area contributed by atoms with E-state index in [4.69, 9.17) is 0 Å². The standard InChI is InChI=1S/C20H16N6O3S/c1-11-8-12(2)22-19(21-11)23-14-5-3-4-13(9-14)18(27)25-20-24-16-7-6-15(26(28)29)10-17(16)30-20/h3-10H,1-2H3,(H,21,22,23)(H,24,25,27). The van der Waals surface area contributed by atoms with Gasteiger partial charge in [0.05, 0.1) is 15.1 Å². The molecule has 1 amide bonds. The molecule has 0 unspecified atom stereocenters. The van der Waals surface area contributed by atoms with Crippen molar-refractivity contribution in [2.24, 2.45) is 0 Å². The number of anilines is 3. The normalized spacial score (nSPS) is 10.7. The molecular formula is C20H16N6O3S. The van der Waals surface area contributed by atoms with Gasteiger partial charge in [-0.05, 0) is 44.2 Å². The van der Waals surface area contributed by atoms with Gasteiger partial charge in [0, 0.05) is 34.8 Å². The van der Waals surface area contributed by atoms with Crippen molar-refractivity contribution in [1.29, 1.82) is 0 Å². The fraction of sp³-hybridized carbons (Fsp3) is 0.100. The molecule has 0 aliphatic heterocycles. The number of nitro groups is 1. The molecule has 2 N–H and O–H groups in total. The van der Waals surface area contributed by atoms with Crippen LogP contribution < -0.4 is 10.6 Å². The number of carbonyl (C=O) groups is 1. The maximum atomic E-state index is 12.7. The molecule has 0 saturated carbocycles. The van der Waals surface area contributed by atoms with Gasteiger partial charge in [-0.15, -0.1) is 0 Å². The number of carbonyl (C=O) groups excluding carboxylic acids is 1. The van der Waals surface area contributed by atoms with Crippen molar-refractivity contribution in [2.75, 3.05) is 10.6 Å². The van der Waals surface area contributed by atoms with Crippen molar-refractivity contribution in [3.05, 3.63) is 75.6 Å². The van der Waals surface area contributed by atoms with E-state index in [0.717, 1.165) is 11.4 Å². The molecule has 30 heavy (non-hydrogen) atoms. The Bertz CT molecular complexity index is 1270. The van der Waals surface area contributed by atoms with Crippen molar-refractivity contribution in [2.45, 2.75) is 13.8 Å². The number of nitrogens with one attached hydrogen (secondary N) is 2. The molecule has 0 atom stereocenters. The predicted octanol–water partition coefficient (Wildman–Crippen LogP) is 4.61. The Morgan fingerprint density at radius 2 is 1.80 bits per heavy atom. The average Bonchev–Trinajstić information content (AvgIpc) is 3.08. The monoisotopic (exact) mass is 420 g/mol. The van der Waals surface area contributed by atoms with Crippen molar-refractivity contribution in [1.82, 2.24) is 15.0 Å². The lowest BCUT2D eigenvalue weighted by molar-refractivity contribution is -0.384. The van der Waals surface area contributed by atoms with Crippen LogP contribution in [0.25, 0.3) is 10.2 Å². The number of fused-ring (bicyclic) bond motifs is 1. The molecule has 2 heterocycles. The molecule has 150 valence electrons. The molecule has 0 spiro atoms. The topological polar surface area (TPSA) is 123 Å². The second-order valence-corrected chi connectivity index (χ2v) is 7.59. The molecule has 2 aromatic carbocycles. The fourth-order valence-corrected chi connectivity index (χ4v) is 3.79. The number of aromatic nitrogens is 3. The Labute approximate surface area is 175 Å². The van der Waals surface area contributed by atoms with Crippen LogP contribution in [-0.4, -0.2) is 25.8 Å². The zero-order valence-corrected chi connectivity index (χ0v) is 16.9. The zero-order chi connectivity index (χ0) is 21.3. The number of non-ortho nitro benzene ring substituents is 1. The van der Waals surface area contributed by atoms with Crippen LogP contribution in [0.4, 0.5) is 22.5 Å². The fourth-order valence-electron chi connectivity index (χ4n) is 2.90. The minimum Gasteiger partial charge on any atom is -0.324 e. The maximum absolute atomic E-state index is 12.7. The summed E-state index contributed by atoms with van der Waals surface area (Å²) in [7, 11) is 0. The van der Waals surface area contributed by atoms with Crippen molar-refractivity contribution in [3.63, 3.8) is 0 Å². The molecule has 0 aliphatic carbocycles. The van der Waals surface area contributed by atoms with E-state index in [0.29, 0.717) is 32.5 Å². The summed E-state index contributed by atoms with van der Waals surface area (Å²) < 4.78 is 0.627. The number of benzene rings is 2. The van der Waals surface area contributed by atoms with Crippen LogP contribution in [0.3, 0.4) is 0 Å². The van der Waals surface area contributed by atoms with Gasteiger partial charge in [-0.1, -0.05) is 17.4 Å². The number of amides is 1. The number of rotatable bonds is 5. The Morgan fingerprint density at radius 3 is 2.53 bits per heavy atom. The van der Waals surface area contributed by atoms with Crippen molar-refractivity contribution in [3.8, 4) is 0 Å². The molecular weight excluding hydrogens is 404 g/mol. The average molecular weight is 420 g/mol. The highest BCUT2D eigenvalue weighted by molar-refractivity contribution is 7.22. The minimum atomic E-state index is -0.463. The second kappa shape index (κ2) is 7.84. The Morgan fingerprint density at radius 1 is 1.03 bits per heavy atom. The summed E-state index contributed by atoms with van der Waals surface area (Å²) in [5.74, 6) is 0.117. The third-order valence-electron chi connectivity index (χ3n) is 4.17. The van der Waals surface area contributed by atoms with Gasteiger partial charge in [0.1, 0.15) is 0 Å². The molecule has 4 rings (SSSR count). The van der Waals surface area contributed by atoms with Gasteiger partial charge >= 0.3 is 0 Å². The van der Waals surface area contributed by atoms with Crippen LogP contribution in [-0.2, 0) is 0 Å². The van der Waals surface area contributed by atoms with Crippen LogP contribution in [0.2, 0.25) is 0 Å². The molecule has 9 nitrogen and oxygen atoms in total. The highest BCUT2D eigenvalue weighted by Crippen LogP contribution is 2.29. The first-order valence-corrected chi connectivity index (χ1v) is 9.75. The van der Waals surface area contributed by atoms with Gasteiger partial charge in [-0.25, -0.2) is 15.0 Å². The molecule has 0 saturated heterocycles. The zero-order valence-electron chi connectivity index (χ0n) is 16.0. The summed E-state index contributed by atoms with van der Waals surface area (Å²) in [6, 6.07) is 13.2. The lowest BCUT2D eigenvalue weighted by atomic mass is 10.2. The number of aryl methyl sites for hydroxylation is 2. The predicted molar refractivity (Wildman–Crippen MR) is 115 cm³/mol. The van der Waals surface area contributed by atoms with Gasteiger partial charge in [0.15, 0.2) is 5.13 Å². The third kappa shape index (κ3) is 4.23. The first-order valence-electron chi connectivity index (χ1n) is 8.93. The molecule has 0 radical (unpaired) electrons. The van der Waals surface area contributed by atoms with Crippen LogP contribution in [0.15, 0.2) is 48.5 Å². The van der Waals surface area contributed by atoms with E-state index < -0.39 is 4.92 Å². The minimum absolute atomic E-state index is 0.0172. The number of nitro benzene ring substituents is 1. The first kappa shape index (κ1) is 19.4. The van der Waals surface area contributed by atoms with Gasteiger partial charge in [-0.2, -0.15) is 0 Å². The summed E-state index contributed by atoms with van der Waals surface area (Å²) in [6.45, 7) is 3.77. The Kier molecular flexibility index (Phi) is 5.07. The summed E-state index contributed by atoms with van der Waals surface area (Å²) in [4.78, 5) is 36.1.